The summed E-state index contributed by atoms with van der Waals surface area (Å²) in [4.78, 5) is 0. The smallest absolute Gasteiger partial charge is 0.191 e. The van der Waals surface area contributed by atoms with Crippen molar-refractivity contribution in [2.75, 3.05) is 5.75 Å². The lowest BCUT2D eigenvalue weighted by Gasteiger charge is -1.96. The van der Waals surface area contributed by atoms with Crippen molar-refractivity contribution in [2.24, 2.45) is 7.05 Å². The van der Waals surface area contributed by atoms with Crippen LogP contribution in [0.25, 0.3) is 0 Å². The van der Waals surface area contributed by atoms with Crippen LogP contribution in [0.3, 0.4) is 0 Å². The van der Waals surface area contributed by atoms with Crippen molar-refractivity contribution in [3.05, 3.63) is 5.82 Å². The molecular formula is C6H8N3S2. The molecule has 1 aromatic rings. The second-order valence-corrected chi connectivity index (χ2v) is 3.25. The zero-order valence-corrected chi connectivity index (χ0v) is 8.00. The van der Waals surface area contributed by atoms with E-state index >= 15 is 0 Å². The molecule has 0 N–H and O–H groups in total. The Labute approximate surface area is 75.2 Å². The third-order valence-electron chi connectivity index (χ3n) is 1.31. The Balaban J connectivity index is 2.70. The van der Waals surface area contributed by atoms with Gasteiger partial charge in [0, 0.05) is 18.2 Å². The summed E-state index contributed by atoms with van der Waals surface area (Å²) in [5, 5.41) is 11.3. The maximum Gasteiger partial charge on any atom is 0.191 e. The number of rotatable bonds is 3. The Morgan fingerprint density at radius 2 is 2.36 bits per heavy atom. The molecular weight excluding hydrogens is 178 g/mol. The molecule has 59 valence electrons. The summed E-state index contributed by atoms with van der Waals surface area (Å²) >= 11 is 6.11. The fraction of sp³-hybridized carbons (Fsp3) is 0.500. The van der Waals surface area contributed by atoms with Gasteiger partial charge < -0.3 is 4.57 Å². The molecule has 1 rings (SSSR count). The fourth-order valence-corrected chi connectivity index (χ4v) is 1.40. The number of aromatic nitrogens is 3. The van der Waals surface area contributed by atoms with E-state index in [-0.39, 0.29) is 0 Å². The SMILES string of the molecule is Cc1nnc(SC[C]=S)n1C. The van der Waals surface area contributed by atoms with Crippen LogP contribution in [-0.4, -0.2) is 25.9 Å². The molecule has 5 heteroatoms. The van der Waals surface area contributed by atoms with E-state index in [9.17, 15) is 0 Å². The lowest BCUT2D eigenvalue weighted by atomic mass is 10.7. The van der Waals surface area contributed by atoms with E-state index in [0.29, 0.717) is 5.75 Å². The lowest BCUT2D eigenvalue weighted by Crippen LogP contribution is -1.93. The van der Waals surface area contributed by atoms with E-state index in [4.69, 9.17) is 0 Å². The standard InChI is InChI=1S/C6H8N3S2/c1-5-7-8-6(9(5)2)11-4-3-10/h4H2,1-2H3. The molecule has 0 saturated carbocycles. The van der Waals surface area contributed by atoms with Crippen LogP contribution in [0.15, 0.2) is 5.16 Å². The van der Waals surface area contributed by atoms with Gasteiger partial charge in [-0.2, -0.15) is 0 Å². The van der Waals surface area contributed by atoms with Crippen molar-refractivity contribution >= 4 is 29.3 Å². The fourth-order valence-electron chi connectivity index (χ4n) is 0.607. The van der Waals surface area contributed by atoms with Crippen LogP contribution in [0.2, 0.25) is 0 Å². The van der Waals surface area contributed by atoms with Crippen LogP contribution >= 0.6 is 24.0 Å². The maximum absolute atomic E-state index is 4.57. The van der Waals surface area contributed by atoms with E-state index in [2.05, 4.69) is 27.8 Å². The van der Waals surface area contributed by atoms with Crippen LogP contribution in [-0.2, 0) is 7.05 Å². The van der Waals surface area contributed by atoms with E-state index < -0.39 is 0 Å². The normalized spacial score (nSPS) is 10.0. The monoisotopic (exact) mass is 186 g/mol. The van der Waals surface area contributed by atoms with Gasteiger partial charge in [0.1, 0.15) is 5.82 Å². The van der Waals surface area contributed by atoms with Gasteiger partial charge >= 0.3 is 0 Å². The second-order valence-electron chi connectivity index (χ2n) is 2.02. The Hall–Kier alpha value is -0.420. The number of nitrogens with zero attached hydrogens (tertiary/aromatic N) is 3. The largest absolute Gasteiger partial charge is 0.309 e. The lowest BCUT2D eigenvalue weighted by molar-refractivity contribution is 0.766. The molecule has 0 aliphatic carbocycles. The van der Waals surface area contributed by atoms with Gasteiger partial charge in [-0.1, -0.05) is 24.0 Å². The van der Waals surface area contributed by atoms with Crippen LogP contribution in [0.4, 0.5) is 0 Å². The molecule has 0 atom stereocenters. The number of hydrogen-bond acceptors (Lipinski definition) is 4. The molecule has 0 aromatic carbocycles. The van der Waals surface area contributed by atoms with Gasteiger partial charge in [0.25, 0.3) is 0 Å². The van der Waals surface area contributed by atoms with Gasteiger partial charge in [-0.05, 0) is 6.92 Å². The Morgan fingerprint density at radius 1 is 1.64 bits per heavy atom. The number of thioether (sulfide) groups is 1. The second kappa shape index (κ2) is 3.82. The highest BCUT2D eigenvalue weighted by molar-refractivity contribution is 8.00. The third kappa shape index (κ3) is 2.00. The highest BCUT2D eigenvalue weighted by Gasteiger charge is 2.02. The quantitative estimate of drug-likeness (QED) is 0.522. The first-order valence-electron chi connectivity index (χ1n) is 3.09. The van der Waals surface area contributed by atoms with Crippen molar-refractivity contribution in [3.8, 4) is 0 Å². The highest BCUT2D eigenvalue weighted by atomic mass is 32.2. The van der Waals surface area contributed by atoms with Gasteiger partial charge in [0.15, 0.2) is 5.16 Å². The topological polar surface area (TPSA) is 30.7 Å². The van der Waals surface area contributed by atoms with Crippen molar-refractivity contribution in [3.63, 3.8) is 0 Å². The van der Waals surface area contributed by atoms with Crippen molar-refractivity contribution < 1.29 is 0 Å². The Bertz CT molecular complexity index is 256. The number of thiocarbonyl (C=S) groups is 1. The molecule has 0 fully saturated rings. The first-order valence-corrected chi connectivity index (χ1v) is 4.49. The average molecular weight is 186 g/mol. The van der Waals surface area contributed by atoms with E-state index in [1.54, 1.807) is 11.8 Å². The summed E-state index contributed by atoms with van der Waals surface area (Å²) in [6.07, 6.45) is 0. The molecule has 0 aliphatic heterocycles. The molecule has 0 aliphatic rings. The minimum atomic E-state index is 0.682. The Morgan fingerprint density at radius 3 is 2.82 bits per heavy atom. The summed E-state index contributed by atoms with van der Waals surface area (Å²) in [5.41, 5.74) is 0. The maximum atomic E-state index is 4.57. The first kappa shape index (κ1) is 8.67. The van der Waals surface area contributed by atoms with Gasteiger partial charge in [0.05, 0.1) is 0 Å². The Kier molecular flexibility index (Phi) is 3.02. The molecule has 0 unspecified atom stereocenters. The van der Waals surface area contributed by atoms with Crippen LogP contribution in [0.1, 0.15) is 5.82 Å². The van der Waals surface area contributed by atoms with Crippen molar-refractivity contribution in [1.29, 1.82) is 0 Å². The molecule has 3 nitrogen and oxygen atoms in total. The summed E-state index contributed by atoms with van der Waals surface area (Å²) in [7, 11) is 1.93. The molecule has 1 radical (unpaired) electrons. The summed E-state index contributed by atoms with van der Waals surface area (Å²) < 4.78 is 1.93. The van der Waals surface area contributed by atoms with Gasteiger partial charge in [-0.25, -0.2) is 0 Å². The molecule has 1 heterocycles. The summed E-state index contributed by atoms with van der Waals surface area (Å²) in [6, 6.07) is 0. The third-order valence-corrected chi connectivity index (χ3v) is 2.54. The molecule has 0 spiro atoms. The number of hydrogen-bond donors (Lipinski definition) is 0. The molecule has 1 aromatic heterocycles. The van der Waals surface area contributed by atoms with Gasteiger partial charge in [-0.3, -0.25) is 0 Å². The van der Waals surface area contributed by atoms with Crippen molar-refractivity contribution in [2.45, 2.75) is 12.1 Å². The van der Waals surface area contributed by atoms with Crippen LogP contribution in [0.5, 0.6) is 0 Å². The predicted octanol–water partition coefficient (Wildman–Crippen LogP) is 1.09. The summed E-state index contributed by atoms with van der Waals surface area (Å²) in [5.74, 6) is 1.60. The molecule has 0 bridgehead atoms. The number of aryl methyl sites for hydroxylation is 1. The summed E-state index contributed by atoms with van der Waals surface area (Å²) in [6.45, 7) is 1.91. The van der Waals surface area contributed by atoms with Gasteiger partial charge in [0.2, 0.25) is 0 Å². The molecule has 11 heavy (non-hydrogen) atoms. The van der Waals surface area contributed by atoms with E-state index in [1.807, 2.05) is 18.5 Å². The van der Waals surface area contributed by atoms with Crippen LogP contribution < -0.4 is 0 Å². The average Bonchev–Trinajstić information content (AvgIpc) is 2.31. The minimum absolute atomic E-state index is 0.682. The zero-order valence-electron chi connectivity index (χ0n) is 6.37. The van der Waals surface area contributed by atoms with E-state index in [1.165, 1.54) is 0 Å². The highest BCUT2D eigenvalue weighted by Crippen LogP contribution is 2.13. The van der Waals surface area contributed by atoms with Crippen LogP contribution in [0, 0.1) is 6.92 Å². The minimum Gasteiger partial charge on any atom is -0.309 e. The molecule has 0 saturated heterocycles. The molecule has 0 amide bonds. The van der Waals surface area contributed by atoms with E-state index in [0.717, 1.165) is 11.0 Å². The first-order chi connectivity index (χ1) is 5.25. The zero-order chi connectivity index (χ0) is 8.27. The van der Waals surface area contributed by atoms with Gasteiger partial charge in [-0.15, -0.1) is 10.2 Å². The predicted molar refractivity (Wildman–Crippen MR) is 49.1 cm³/mol. The van der Waals surface area contributed by atoms with Crippen molar-refractivity contribution in [1.82, 2.24) is 14.8 Å².